The zero-order chi connectivity index (χ0) is 14.7. The van der Waals surface area contributed by atoms with Crippen molar-refractivity contribution in [3.63, 3.8) is 0 Å². The van der Waals surface area contributed by atoms with Crippen LogP contribution in [0.25, 0.3) is 0 Å². The summed E-state index contributed by atoms with van der Waals surface area (Å²) < 4.78 is 0. The predicted octanol–water partition coefficient (Wildman–Crippen LogP) is 2.07. The third-order valence-corrected chi connectivity index (χ3v) is 4.41. The predicted molar refractivity (Wildman–Crippen MR) is 85.4 cm³/mol. The molecule has 4 heteroatoms. The smallest absolute Gasteiger partial charge is 0.239 e. The minimum absolute atomic E-state index is 0.151. The molecule has 1 fully saturated rings. The SMILES string of the molecule is CCNC1CCN(CC(=O)NCC2CC2)c2ccccc21. The molecule has 2 aliphatic rings. The van der Waals surface area contributed by atoms with Gasteiger partial charge in [-0.1, -0.05) is 25.1 Å². The molecule has 2 N–H and O–H groups in total. The molecule has 3 rings (SSSR count). The largest absolute Gasteiger partial charge is 0.362 e. The summed E-state index contributed by atoms with van der Waals surface area (Å²) in [5.41, 5.74) is 2.52. The van der Waals surface area contributed by atoms with Crippen molar-refractivity contribution >= 4 is 11.6 Å². The maximum Gasteiger partial charge on any atom is 0.239 e. The summed E-state index contributed by atoms with van der Waals surface area (Å²) in [5, 5.41) is 6.60. The third-order valence-electron chi connectivity index (χ3n) is 4.41. The third kappa shape index (κ3) is 3.56. The number of amides is 1. The van der Waals surface area contributed by atoms with Gasteiger partial charge in [0.25, 0.3) is 0 Å². The second-order valence-electron chi connectivity index (χ2n) is 6.13. The van der Waals surface area contributed by atoms with Gasteiger partial charge in [0.2, 0.25) is 5.91 Å². The van der Waals surface area contributed by atoms with Crippen LogP contribution in [-0.2, 0) is 4.79 Å². The molecule has 4 nitrogen and oxygen atoms in total. The van der Waals surface area contributed by atoms with Crippen LogP contribution in [0.1, 0.15) is 37.8 Å². The van der Waals surface area contributed by atoms with Gasteiger partial charge in [-0.3, -0.25) is 4.79 Å². The van der Waals surface area contributed by atoms with Gasteiger partial charge in [-0.25, -0.2) is 0 Å². The minimum atomic E-state index is 0.151. The molecule has 1 aliphatic heterocycles. The number of nitrogens with one attached hydrogen (secondary N) is 2. The van der Waals surface area contributed by atoms with Crippen LogP contribution in [0.15, 0.2) is 24.3 Å². The molecule has 1 heterocycles. The summed E-state index contributed by atoms with van der Waals surface area (Å²) in [5.74, 6) is 0.888. The van der Waals surface area contributed by atoms with E-state index in [1.54, 1.807) is 0 Å². The van der Waals surface area contributed by atoms with Crippen LogP contribution in [0.5, 0.6) is 0 Å². The van der Waals surface area contributed by atoms with Crippen LogP contribution in [0.2, 0.25) is 0 Å². The zero-order valence-electron chi connectivity index (χ0n) is 12.8. The maximum atomic E-state index is 12.1. The van der Waals surface area contributed by atoms with E-state index in [0.717, 1.165) is 32.0 Å². The summed E-state index contributed by atoms with van der Waals surface area (Å²) in [6.45, 7) is 5.38. The number of para-hydroxylation sites is 1. The van der Waals surface area contributed by atoms with Crippen LogP contribution in [-0.4, -0.2) is 32.1 Å². The standard InChI is InChI=1S/C17H25N3O/c1-2-18-15-9-10-20(16-6-4-3-5-14(15)16)12-17(21)19-11-13-7-8-13/h3-6,13,15,18H,2,7-12H2,1H3,(H,19,21). The summed E-state index contributed by atoms with van der Waals surface area (Å²) in [4.78, 5) is 14.3. The normalized spacial score (nSPS) is 21.0. The van der Waals surface area contributed by atoms with E-state index in [2.05, 4.69) is 46.7 Å². The molecule has 0 bridgehead atoms. The fourth-order valence-electron chi connectivity index (χ4n) is 3.06. The Bertz CT molecular complexity index is 499. The number of carbonyl (C=O) groups is 1. The topological polar surface area (TPSA) is 44.4 Å². The average molecular weight is 287 g/mol. The lowest BCUT2D eigenvalue weighted by Crippen LogP contribution is -2.42. The Labute approximate surface area is 126 Å². The van der Waals surface area contributed by atoms with Crippen molar-refractivity contribution in [1.29, 1.82) is 0 Å². The molecule has 21 heavy (non-hydrogen) atoms. The molecular weight excluding hydrogens is 262 g/mol. The Morgan fingerprint density at radius 2 is 2.10 bits per heavy atom. The van der Waals surface area contributed by atoms with Crippen molar-refractivity contribution in [3.05, 3.63) is 29.8 Å². The van der Waals surface area contributed by atoms with E-state index in [1.165, 1.54) is 24.1 Å². The number of anilines is 1. The molecule has 0 saturated heterocycles. The lowest BCUT2D eigenvalue weighted by atomic mass is 9.96. The van der Waals surface area contributed by atoms with Crippen LogP contribution in [0, 0.1) is 5.92 Å². The highest BCUT2D eigenvalue weighted by molar-refractivity contribution is 5.82. The van der Waals surface area contributed by atoms with Gasteiger partial charge in [-0.2, -0.15) is 0 Å². The molecule has 1 saturated carbocycles. The molecule has 1 unspecified atom stereocenters. The van der Waals surface area contributed by atoms with Gasteiger partial charge in [0.15, 0.2) is 0 Å². The highest BCUT2D eigenvalue weighted by atomic mass is 16.2. The fourth-order valence-corrected chi connectivity index (χ4v) is 3.06. The number of rotatable bonds is 6. The van der Waals surface area contributed by atoms with Crippen molar-refractivity contribution in [2.24, 2.45) is 5.92 Å². The van der Waals surface area contributed by atoms with Crippen molar-refractivity contribution in [1.82, 2.24) is 10.6 Å². The van der Waals surface area contributed by atoms with E-state index in [1.807, 2.05) is 0 Å². The monoisotopic (exact) mass is 287 g/mol. The minimum Gasteiger partial charge on any atom is -0.362 e. The fraction of sp³-hybridized carbons (Fsp3) is 0.588. The molecular formula is C17H25N3O. The Morgan fingerprint density at radius 3 is 2.86 bits per heavy atom. The Kier molecular flexibility index (Phi) is 4.44. The van der Waals surface area contributed by atoms with Gasteiger partial charge in [0.1, 0.15) is 0 Å². The maximum absolute atomic E-state index is 12.1. The first kappa shape index (κ1) is 14.4. The van der Waals surface area contributed by atoms with Crippen molar-refractivity contribution in [2.45, 2.75) is 32.2 Å². The molecule has 1 aromatic rings. The molecule has 0 aromatic heterocycles. The first-order chi connectivity index (χ1) is 10.3. The summed E-state index contributed by atoms with van der Waals surface area (Å²) in [7, 11) is 0. The van der Waals surface area contributed by atoms with E-state index in [-0.39, 0.29) is 5.91 Å². The number of fused-ring (bicyclic) bond motifs is 1. The second kappa shape index (κ2) is 6.48. The molecule has 1 aromatic carbocycles. The highest BCUT2D eigenvalue weighted by Gasteiger charge is 2.26. The zero-order valence-corrected chi connectivity index (χ0v) is 12.8. The number of hydrogen-bond acceptors (Lipinski definition) is 3. The van der Waals surface area contributed by atoms with Crippen molar-refractivity contribution in [3.8, 4) is 0 Å². The van der Waals surface area contributed by atoms with E-state index in [4.69, 9.17) is 0 Å². The Balaban J connectivity index is 1.65. The van der Waals surface area contributed by atoms with Crippen LogP contribution >= 0.6 is 0 Å². The van der Waals surface area contributed by atoms with Gasteiger partial charge in [-0.05, 0) is 43.4 Å². The van der Waals surface area contributed by atoms with Crippen molar-refractivity contribution < 1.29 is 4.79 Å². The first-order valence-corrected chi connectivity index (χ1v) is 8.12. The first-order valence-electron chi connectivity index (χ1n) is 8.12. The summed E-state index contributed by atoms with van der Waals surface area (Å²) >= 11 is 0. The summed E-state index contributed by atoms with van der Waals surface area (Å²) in [6.07, 6.45) is 3.61. The van der Waals surface area contributed by atoms with Gasteiger partial charge < -0.3 is 15.5 Å². The molecule has 1 atom stereocenters. The number of carbonyl (C=O) groups excluding carboxylic acids is 1. The van der Waals surface area contributed by atoms with Crippen molar-refractivity contribution in [2.75, 3.05) is 31.1 Å². The Hall–Kier alpha value is -1.55. The highest BCUT2D eigenvalue weighted by Crippen LogP contribution is 2.33. The van der Waals surface area contributed by atoms with Crippen LogP contribution in [0.4, 0.5) is 5.69 Å². The summed E-state index contributed by atoms with van der Waals surface area (Å²) in [6, 6.07) is 8.86. The van der Waals surface area contributed by atoms with E-state index in [0.29, 0.717) is 12.6 Å². The molecule has 1 aliphatic carbocycles. The lowest BCUT2D eigenvalue weighted by Gasteiger charge is -2.35. The molecule has 114 valence electrons. The Morgan fingerprint density at radius 1 is 1.29 bits per heavy atom. The number of benzene rings is 1. The van der Waals surface area contributed by atoms with Crippen LogP contribution in [0.3, 0.4) is 0 Å². The lowest BCUT2D eigenvalue weighted by molar-refractivity contribution is -0.119. The van der Waals surface area contributed by atoms with Gasteiger partial charge >= 0.3 is 0 Å². The van der Waals surface area contributed by atoms with Crippen LogP contribution < -0.4 is 15.5 Å². The second-order valence-corrected chi connectivity index (χ2v) is 6.13. The van der Waals surface area contributed by atoms with E-state index >= 15 is 0 Å². The molecule has 0 spiro atoms. The van der Waals surface area contributed by atoms with Gasteiger partial charge in [0.05, 0.1) is 6.54 Å². The molecule has 1 amide bonds. The van der Waals surface area contributed by atoms with E-state index < -0.39 is 0 Å². The quantitative estimate of drug-likeness (QED) is 0.842. The average Bonchev–Trinajstić information content (AvgIpc) is 3.32. The van der Waals surface area contributed by atoms with E-state index in [9.17, 15) is 4.79 Å². The molecule has 0 radical (unpaired) electrons. The number of hydrogen-bond donors (Lipinski definition) is 2. The van der Waals surface area contributed by atoms with Gasteiger partial charge in [0, 0.05) is 24.8 Å². The van der Waals surface area contributed by atoms with Gasteiger partial charge in [-0.15, -0.1) is 0 Å². The number of nitrogens with zero attached hydrogens (tertiary/aromatic N) is 1.